The average Bonchev–Trinajstić information content (AvgIpc) is 2.46. The van der Waals surface area contributed by atoms with E-state index in [0.29, 0.717) is 12.1 Å². The molecule has 1 rings (SSSR count). The summed E-state index contributed by atoms with van der Waals surface area (Å²) in [6.45, 7) is 0. The van der Waals surface area contributed by atoms with Crippen molar-refractivity contribution in [2.45, 2.75) is 36.0 Å². The zero-order valence-electron chi connectivity index (χ0n) is 11.5. The molecule has 1 nitrogen and oxygen atoms in total. The molecule has 2 N–H and O–H groups in total. The van der Waals surface area contributed by atoms with Crippen LogP contribution in [0.1, 0.15) is 5.56 Å². The monoisotopic (exact) mass is 393 g/mol. The van der Waals surface area contributed by atoms with Crippen LogP contribution in [0, 0.1) is 0 Å². The maximum Gasteiger partial charge on any atom is 0.385 e. The number of hydrogen-bond donors (Lipinski definition) is 1. The Hall–Kier alpha value is -1.82. The molecule has 0 saturated carbocycles. The van der Waals surface area contributed by atoms with Gasteiger partial charge in [-0.25, -0.2) is 8.78 Å². The van der Waals surface area contributed by atoms with Gasteiger partial charge in [0.25, 0.3) is 0 Å². The van der Waals surface area contributed by atoms with Crippen molar-refractivity contribution in [3.8, 4) is 0 Å². The van der Waals surface area contributed by atoms with E-state index in [1.807, 2.05) is 0 Å². The summed E-state index contributed by atoms with van der Waals surface area (Å²) in [5.41, 5.74) is 1.56. The minimum Gasteiger partial charge on any atom is -0.398 e. The van der Waals surface area contributed by atoms with Gasteiger partial charge in [0.2, 0.25) is 0 Å². The van der Waals surface area contributed by atoms with Crippen molar-refractivity contribution >= 4 is 5.69 Å². The Morgan fingerprint density at radius 3 is 1.52 bits per heavy atom. The number of hydrogen-bond acceptors (Lipinski definition) is 1. The van der Waals surface area contributed by atoms with Crippen LogP contribution in [-0.4, -0.2) is 30.1 Å². The fourth-order valence-electron chi connectivity index (χ4n) is 1.69. The topological polar surface area (TPSA) is 26.0 Å². The van der Waals surface area contributed by atoms with E-state index in [1.54, 1.807) is 0 Å². The number of halogens is 12. The molecule has 13 heteroatoms. The molecule has 1 aromatic carbocycles. The molecule has 144 valence electrons. The van der Waals surface area contributed by atoms with Crippen LogP contribution in [0.5, 0.6) is 0 Å². The Balaban J connectivity index is 3.56. The third-order valence-electron chi connectivity index (χ3n) is 3.17. The average molecular weight is 393 g/mol. The molecule has 25 heavy (non-hydrogen) atoms. The van der Waals surface area contributed by atoms with Gasteiger partial charge < -0.3 is 5.73 Å². The minimum atomic E-state index is -7.56. The van der Waals surface area contributed by atoms with E-state index in [-0.39, 0.29) is 6.07 Å². The second kappa shape index (κ2) is 5.87. The maximum absolute atomic E-state index is 13.7. The maximum atomic E-state index is 13.7. The van der Waals surface area contributed by atoms with Crippen LogP contribution in [0.15, 0.2) is 24.3 Å². The molecular formula is C12H7F12N. The fraction of sp³-hybridized carbons (Fsp3) is 0.500. The first-order chi connectivity index (χ1) is 11.0. The lowest BCUT2D eigenvalue weighted by atomic mass is 9.90. The van der Waals surface area contributed by atoms with Gasteiger partial charge in [-0.15, -0.1) is 0 Å². The number of alkyl halides is 12. The van der Waals surface area contributed by atoms with Gasteiger partial charge in [-0.2, -0.15) is 43.9 Å². The summed E-state index contributed by atoms with van der Waals surface area (Å²) in [5.74, 6) is -35.5. The molecule has 0 saturated heterocycles. The van der Waals surface area contributed by atoms with Crippen LogP contribution in [0.4, 0.5) is 58.4 Å². The predicted octanol–water partition coefficient (Wildman–Crippen LogP) is 5.17. The summed E-state index contributed by atoms with van der Waals surface area (Å²) < 4.78 is 156. The number of benzene rings is 1. The quantitative estimate of drug-likeness (QED) is 0.524. The normalized spacial score (nSPS) is 14.9. The van der Waals surface area contributed by atoms with Gasteiger partial charge in [0.1, 0.15) is 0 Å². The van der Waals surface area contributed by atoms with Gasteiger partial charge in [0.15, 0.2) is 0 Å². The van der Waals surface area contributed by atoms with Gasteiger partial charge in [-0.05, 0) is 6.07 Å². The number of rotatable bonds is 6. The molecule has 0 heterocycles. The largest absolute Gasteiger partial charge is 0.398 e. The molecule has 0 aliphatic rings. The number of para-hydroxylation sites is 1. The third kappa shape index (κ3) is 2.76. The SMILES string of the molecule is Nc1ccccc1C(F)(F)C(F)(F)C(F)(F)C(F)(F)C(F)(F)C(F)F. The van der Waals surface area contributed by atoms with Gasteiger partial charge in [-0.1, -0.05) is 18.2 Å². The lowest BCUT2D eigenvalue weighted by Crippen LogP contribution is -2.67. The molecule has 0 atom stereocenters. The molecule has 0 aliphatic carbocycles. The lowest BCUT2D eigenvalue weighted by Gasteiger charge is -2.39. The highest BCUT2D eigenvalue weighted by atomic mass is 19.4. The summed E-state index contributed by atoms with van der Waals surface area (Å²) in [4.78, 5) is 0. The highest BCUT2D eigenvalue weighted by Gasteiger charge is 2.88. The predicted molar refractivity (Wildman–Crippen MR) is 60.5 cm³/mol. The van der Waals surface area contributed by atoms with Crippen LogP contribution in [0.2, 0.25) is 0 Å². The molecule has 0 radical (unpaired) electrons. The van der Waals surface area contributed by atoms with Gasteiger partial charge in [-0.3, -0.25) is 0 Å². The number of nitrogens with two attached hydrogens (primary N) is 1. The number of anilines is 1. The van der Waals surface area contributed by atoms with Crippen LogP contribution in [0.3, 0.4) is 0 Å². The van der Waals surface area contributed by atoms with E-state index in [0.717, 1.165) is 6.07 Å². The second-order valence-corrected chi connectivity index (χ2v) is 4.81. The lowest BCUT2D eigenvalue weighted by molar-refractivity contribution is -0.415. The summed E-state index contributed by atoms with van der Waals surface area (Å²) in [7, 11) is 0. The second-order valence-electron chi connectivity index (χ2n) is 4.81. The van der Waals surface area contributed by atoms with Crippen LogP contribution >= 0.6 is 0 Å². The van der Waals surface area contributed by atoms with E-state index in [4.69, 9.17) is 5.73 Å². The van der Waals surface area contributed by atoms with Gasteiger partial charge >= 0.3 is 36.0 Å². The molecule has 0 fully saturated rings. The molecule has 0 aliphatic heterocycles. The Labute approximate surface area is 131 Å². The molecule has 0 unspecified atom stereocenters. The zero-order valence-corrected chi connectivity index (χ0v) is 11.5. The Kier molecular flexibility index (Phi) is 4.98. The fourth-order valence-corrected chi connectivity index (χ4v) is 1.69. The molecule has 0 spiro atoms. The molecule has 1 aromatic rings. The van der Waals surface area contributed by atoms with Crippen molar-refractivity contribution in [1.82, 2.24) is 0 Å². The summed E-state index contributed by atoms with van der Waals surface area (Å²) in [5, 5.41) is 0. The van der Waals surface area contributed by atoms with Gasteiger partial charge in [0.05, 0.1) is 5.56 Å². The highest BCUT2D eigenvalue weighted by molar-refractivity contribution is 5.50. The van der Waals surface area contributed by atoms with Crippen molar-refractivity contribution in [2.24, 2.45) is 0 Å². The molecular weight excluding hydrogens is 386 g/mol. The summed E-state index contributed by atoms with van der Waals surface area (Å²) in [6, 6.07) is 2.07. The van der Waals surface area contributed by atoms with Crippen molar-refractivity contribution in [3.05, 3.63) is 29.8 Å². The van der Waals surface area contributed by atoms with Crippen LogP contribution in [-0.2, 0) is 5.92 Å². The van der Waals surface area contributed by atoms with Crippen LogP contribution < -0.4 is 5.73 Å². The van der Waals surface area contributed by atoms with E-state index in [9.17, 15) is 52.7 Å². The smallest absolute Gasteiger partial charge is 0.385 e. The Bertz CT molecular complexity index is 624. The van der Waals surface area contributed by atoms with Crippen molar-refractivity contribution in [2.75, 3.05) is 5.73 Å². The standard InChI is InChI=1S/C12H7F12N/c13-7(14)9(17,18)11(21,22)12(23,24)10(19,20)8(15,16)5-3-1-2-4-6(5)25/h1-4,7H,25H2. The van der Waals surface area contributed by atoms with E-state index < -0.39 is 47.3 Å². The van der Waals surface area contributed by atoms with Gasteiger partial charge in [0, 0.05) is 5.69 Å². The summed E-state index contributed by atoms with van der Waals surface area (Å²) in [6.07, 6.45) is -5.53. The first-order valence-corrected chi connectivity index (χ1v) is 5.98. The van der Waals surface area contributed by atoms with E-state index in [1.165, 1.54) is 0 Å². The highest BCUT2D eigenvalue weighted by Crippen LogP contribution is 2.60. The minimum absolute atomic E-state index is 0.0583. The molecule has 0 aromatic heterocycles. The first-order valence-electron chi connectivity index (χ1n) is 5.98. The Morgan fingerprint density at radius 1 is 0.680 bits per heavy atom. The van der Waals surface area contributed by atoms with Crippen molar-refractivity contribution in [1.29, 1.82) is 0 Å². The van der Waals surface area contributed by atoms with Crippen molar-refractivity contribution < 1.29 is 52.7 Å². The van der Waals surface area contributed by atoms with E-state index in [2.05, 4.69) is 0 Å². The zero-order chi connectivity index (χ0) is 20.1. The third-order valence-corrected chi connectivity index (χ3v) is 3.17. The van der Waals surface area contributed by atoms with E-state index >= 15 is 0 Å². The molecule has 0 bridgehead atoms. The first kappa shape index (κ1) is 21.2. The van der Waals surface area contributed by atoms with Crippen molar-refractivity contribution in [3.63, 3.8) is 0 Å². The molecule has 0 amide bonds. The number of nitrogen functional groups attached to an aromatic ring is 1. The van der Waals surface area contributed by atoms with Crippen LogP contribution in [0.25, 0.3) is 0 Å². The Morgan fingerprint density at radius 2 is 1.12 bits per heavy atom. The summed E-state index contributed by atoms with van der Waals surface area (Å²) >= 11 is 0.